The topological polar surface area (TPSA) is 41.6 Å². The zero-order valence-electron chi connectivity index (χ0n) is 13.7. The van der Waals surface area contributed by atoms with Gasteiger partial charge in [0.2, 0.25) is 0 Å². The van der Waals surface area contributed by atoms with Crippen LogP contribution in [0.1, 0.15) is 22.3 Å². The third-order valence-corrected chi connectivity index (χ3v) is 4.81. The van der Waals surface area contributed by atoms with E-state index in [9.17, 15) is 4.79 Å². The minimum absolute atomic E-state index is 0.0577. The number of methoxy groups -OCH3 is 1. The lowest BCUT2D eigenvalue weighted by Crippen LogP contribution is -2.24. The largest absolute Gasteiger partial charge is 0.380 e. The number of nitrogens with zero attached hydrogens (tertiary/aromatic N) is 1. The van der Waals surface area contributed by atoms with Crippen molar-refractivity contribution in [1.29, 1.82) is 0 Å². The first-order valence-corrected chi connectivity index (χ1v) is 8.85. The molecule has 0 unspecified atom stereocenters. The van der Waals surface area contributed by atoms with Gasteiger partial charge < -0.3 is 15.0 Å². The predicted molar refractivity (Wildman–Crippen MR) is 99.4 cm³/mol. The van der Waals surface area contributed by atoms with Gasteiger partial charge in [0.15, 0.2) is 0 Å². The number of amides is 1. The lowest BCUT2D eigenvalue weighted by Gasteiger charge is -2.18. The molecule has 126 valence electrons. The summed E-state index contributed by atoms with van der Waals surface area (Å²) in [6.45, 7) is 2.42. The summed E-state index contributed by atoms with van der Waals surface area (Å²) in [4.78, 5) is 14.6. The number of rotatable bonds is 5. The molecule has 0 saturated carbocycles. The Bertz CT molecular complexity index is 703. The van der Waals surface area contributed by atoms with E-state index in [-0.39, 0.29) is 5.91 Å². The normalized spacial score (nSPS) is 17.1. The standard InChI is InChI=1S/C19H21BrN2O2/c1-24-18-9-10-22(13-18)17-7-5-15(6-8-17)19(23)21-12-14-3-2-4-16(20)11-14/h2-8,11,18H,9-10,12-13H2,1H3,(H,21,23)/t18-/m1/s1. The molecular weight excluding hydrogens is 368 g/mol. The van der Waals surface area contributed by atoms with Gasteiger partial charge >= 0.3 is 0 Å². The summed E-state index contributed by atoms with van der Waals surface area (Å²) in [5.74, 6) is -0.0577. The fourth-order valence-corrected chi connectivity index (χ4v) is 3.36. The summed E-state index contributed by atoms with van der Waals surface area (Å²) >= 11 is 3.44. The zero-order chi connectivity index (χ0) is 16.9. The molecule has 5 heteroatoms. The van der Waals surface area contributed by atoms with Gasteiger partial charge in [-0.05, 0) is 48.4 Å². The van der Waals surface area contributed by atoms with Crippen molar-refractivity contribution in [1.82, 2.24) is 5.32 Å². The third-order valence-electron chi connectivity index (χ3n) is 4.32. The molecule has 0 radical (unpaired) electrons. The van der Waals surface area contributed by atoms with E-state index in [2.05, 4.69) is 26.1 Å². The van der Waals surface area contributed by atoms with Crippen molar-refractivity contribution in [3.63, 3.8) is 0 Å². The molecule has 1 N–H and O–H groups in total. The number of halogens is 1. The Morgan fingerprint density at radius 3 is 2.75 bits per heavy atom. The van der Waals surface area contributed by atoms with Gasteiger partial charge in [-0.25, -0.2) is 0 Å². The maximum Gasteiger partial charge on any atom is 0.251 e. The van der Waals surface area contributed by atoms with E-state index in [1.54, 1.807) is 7.11 Å². The molecule has 4 nitrogen and oxygen atoms in total. The summed E-state index contributed by atoms with van der Waals surface area (Å²) < 4.78 is 6.41. The van der Waals surface area contributed by atoms with Crippen LogP contribution in [-0.2, 0) is 11.3 Å². The zero-order valence-corrected chi connectivity index (χ0v) is 15.3. The molecule has 2 aromatic rings. The van der Waals surface area contributed by atoms with Gasteiger partial charge in [0.05, 0.1) is 6.10 Å². The molecule has 0 bridgehead atoms. The van der Waals surface area contributed by atoms with Crippen molar-refractivity contribution in [3.8, 4) is 0 Å². The van der Waals surface area contributed by atoms with Crippen LogP contribution < -0.4 is 10.2 Å². The maximum atomic E-state index is 12.3. The molecule has 1 aliphatic rings. The van der Waals surface area contributed by atoms with E-state index < -0.39 is 0 Å². The Balaban J connectivity index is 1.58. The Morgan fingerprint density at radius 1 is 1.29 bits per heavy atom. The average Bonchev–Trinajstić information content (AvgIpc) is 3.09. The number of anilines is 1. The molecule has 0 aromatic heterocycles. The summed E-state index contributed by atoms with van der Waals surface area (Å²) in [6.07, 6.45) is 1.35. The highest BCUT2D eigenvalue weighted by Gasteiger charge is 2.22. The Labute approximate surface area is 150 Å². The third kappa shape index (κ3) is 4.16. The molecule has 2 aromatic carbocycles. The summed E-state index contributed by atoms with van der Waals surface area (Å²) in [6, 6.07) is 15.7. The van der Waals surface area contributed by atoms with Gasteiger partial charge in [0, 0.05) is 42.5 Å². The second-order valence-electron chi connectivity index (χ2n) is 5.95. The second-order valence-corrected chi connectivity index (χ2v) is 6.87. The highest BCUT2D eigenvalue weighted by Crippen LogP contribution is 2.22. The summed E-state index contributed by atoms with van der Waals surface area (Å²) in [5, 5.41) is 2.95. The number of carbonyl (C=O) groups excluding carboxylic acids is 1. The second kappa shape index (κ2) is 7.81. The maximum absolute atomic E-state index is 12.3. The fourth-order valence-electron chi connectivity index (χ4n) is 2.91. The number of nitrogens with one attached hydrogen (secondary N) is 1. The monoisotopic (exact) mass is 388 g/mol. The number of benzene rings is 2. The first-order valence-electron chi connectivity index (χ1n) is 8.06. The molecule has 0 aliphatic carbocycles. The summed E-state index contributed by atoms with van der Waals surface area (Å²) in [7, 11) is 1.76. The number of ether oxygens (including phenoxy) is 1. The smallest absolute Gasteiger partial charge is 0.251 e. The molecule has 1 aliphatic heterocycles. The van der Waals surface area contributed by atoms with Crippen LogP contribution in [0.4, 0.5) is 5.69 Å². The van der Waals surface area contributed by atoms with E-state index in [0.29, 0.717) is 18.2 Å². The van der Waals surface area contributed by atoms with Crippen LogP contribution in [-0.4, -0.2) is 32.2 Å². The quantitative estimate of drug-likeness (QED) is 0.850. The van der Waals surface area contributed by atoms with E-state index in [4.69, 9.17) is 4.74 Å². The van der Waals surface area contributed by atoms with Crippen LogP contribution in [0, 0.1) is 0 Å². The van der Waals surface area contributed by atoms with Crippen molar-refractivity contribution in [3.05, 3.63) is 64.1 Å². The SMILES string of the molecule is CO[C@@H]1CCN(c2ccc(C(=O)NCc3cccc(Br)c3)cc2)C1. The minimum atomic E-state index is -0.0577. The molecule has 1 atom stereocenters. The Morgan fingerprint density at radius 2 is 2.08 bits per heavy atom. The van der Waals surface area contributed by atoms with Crippen LogP contribution in [0.2, 0.25) is 0 Å². The highest BCUT2D eigenvalue weighted by atomic mass is 79.9. The fraction of sp³-hybridized carbons (Fsp3) is 0.316. The van der Waals surface area contributed by atoms with E-state index in [0.717, 1.165) is 35.2 Å². The molecule has 0 spiro atoms. The van der Waals surface area contributed by atoms with Crippen molar-refractivity contribution in [2.24, 2.45) is 0 Å². The molecule has 1 saturated heterocycles. The molecule has 1 amide bonds. The van der Waals surface area contributed by atoms with Crippen molar-refractivity contribution < 1.29 is 9.53 Å². The van der Waals surface area contributed by atoms with Crippen LogP contribution in [0.3, 0.4) is 0 Å². The van der Waals surface area contributed by atoms with Gasteiger partial charge in [-0.15, -0.1) is 0 Å². The van der Waals surface area contributed by atoms with Crippen molar-refractivity contribution in [2.45, 2.75) is 19.1 Å². The Kier molecular flexibility index (Phi) is 5.53. The van der Waals surface area contributed by atoms with Crippen LogP contribution in [0.25, 0.3) is 0 Å². The van der Waals surface area contributed by atoms with Gasteiger partial charge in [0.25, 0.3) is 5.91 Å². The Hall–Kier alpha value is -1.85. The molecule has 1 fully saturated rings. The van der Waals surface area contributed by atoms with Gasteiger partial charge in [0.1, 0.15) is 0 Å². The number of carbonyl (C=O) groups is 1. The average molecular weight is 389 g/mol. The summed E-state index contributed by atoms with van der Waals surface area (Å²) in [5.41, 5.74) is 2.88. The molecular formula is C19H21BrN2O2. The first-order chi connectivity index (χ1) is 11.7. The lowest BCUT2D eigenvalue weighted by molar-refractivity contribution is 0.0951. The van der Waals surface area contributed by atoms with Crippen molar-refractivity contribution in [2.75, 3.05) is 25.1 Å². The van der Waals surface area contributed by atoms with Crippen molar-refractivity contribution >= 4 is 27.5 Å². The van der Waals surface area contributed by atoms with E-state index in [1.807, 2.05) is 48.5 Å². The van der Waals surface area contributed by atoms with E-state index >= 15 is 0 Å². The van der Waals surface area contributed by atoms with Crippen LogP contribution in [0.15, 0.2) is 53.0 Å². The molecule has 1 heterocycles. The van der Waals surface area contributed by atoms with E-state index in [1.165, 1.54) is 0 Å². The van der Waals surface area contributed by atoms with Crippen LogP contribution in [0.5, 0.6) is 0 Å². The first kappa shape index (κ1) is 17.0. The molecule has 24 heavy (non-hydrogen) atoms. The molecule has 3 rings (SSSR count). The minimum Gasteiger partial charge on any atom is -0.380 e. The van der Waals surface area contributed by atoms with Gasteiger partial charge in [-0.2, -0.15) is 0 Å². The highest BCUT2D eigenvalue weighted by molar-refractivity contribution is 9.10. The predicted octanol–water partition coefficient (Wildman–Crippen LogP) is 3.60. The van der Waals surface area contributed by atoms with Crippen LogP contribution >= 0.6 is 15.9 Å². The lowest BCUT2D eigenvalue weighted by atomic mass is 10.1. The van der Waals surface area contributed by atoms with Gasteiger partial charge in [-0.3, -0.25) is 4.79 Å². The number of hydrogen-bond acceptors (Lipinski definition) is 3. The number of hydrogen-bond donors (Lipinski definition) is 1. The van der Waals surface area contributed by atoms with Gasteiger partial charge in [-0.1, -0.05) is 28.1 Å².